The lowest BCUT2D eigenvalue weighted by molar-refractivity contribution is -0.137. The van der Waals surface area contributed by atoms with Crippen LogP contribution in [0.1, 0.15) is 38.3 Å². The van der Waals surface area contributed by atoms with E-state index in [-0.39, 0.29) is 29.5 Å². The predicted molar refractivity (Wildman–Crippen MR) is 114 cm³/mol. The van der Waals surface area contributed by atoms with Gasteiger partial charge in [-0.05, 0) is 36.3 Å². The summed E-state index contributed by atoms with van der Waals surface area (Å²) in [5, 5.41) is 0. The van der Waals surface area contributed by atoms with Crippen LogP contribution < -0.4 is 0 Å². The van der Waals surface area contributed by atoms with Crippen LogP contribution in [-0.4, -0.2) is 72.0 Å². The summed E-state index contributed by atoms with van der Waals surface area (Å²) >= 11 is 0. The maximum absolute atomic E-state index is 13.7. The molecule has 0 spiro atoms. The minimum atomic E-state index is -0.416. The molecule has 5 rings (SSSR count). The van der Waals surface area contributed by atoms with Crippen molar-refractivity contribution in [2.24, 2.45) is 17.8 Å². The fourth-order valence-electron chi connectivity index (χ4n) is 5.50. The van der Waals surface area contributed by atoms with Gasteiger partial charge in [0, 0.05) is 38.6 Å². The summed E-state index contributed by atoms with van der Waals surface area (Å²) in [6.07, 6.45) is 4.94. The van der Waals surface area contributed by atoms with E-state index in [1.165, 1.54) is 0 Å². The minimum absolute atomic E-state index is 0.0982. The van der Waals surface area contributed by atoms with Crippen LogP contribution in [0.4, 0.5) is 0 Å². The van der Waals surface area contributed by atoms with Crippen LogP contribution >= 0.6 is 0 Å². The van der Waals surface area contributed by atoms with Crippen LogP contribution in [0, 0.1) is 17.8 Å². The van der Waals surface area contributed by atoms with Gasteiger partial charge in [-0.25, -0.2) is 0 Å². The van der Waals surface area contributed by atoms with E-state index in [1.807, 2.05) is 17.0 Å². The SMILES string of the molecule is CC1CC2OC3=C(C(=O)C2CC1C)C(c1cccnc1)N(CCN1CCOCC1)C3=O. The standard InChI is InChI=1S/C24H31N3O4/c1-15-12-18-19(13-16(15)2)31-23-20(22(18)28)21(17-4-3-5-25-14-17)27(24(23)29)7-6-26-8-10-30-11-9-26/h3-5,14-16,18-19,21H,6-13H2,1-2H3. The molecule has 1 amide bonds. The van der Waals surface area contributed by atoms with Crippen molar-refractivity contribution in [2.75, 3.05) is 39.4 Å². The van der Waals surface area contributed by atoms with Gasteiger partial charge in [0.25, 0.3) is 5.91 Å². The molecule has 5 atom stereocenters. The Morgan fingerprint density at radius 2 is 1.87 bits per heavy atom. The van der Waals surface area contributed by atoms with Gasteiger partial charge in [0.05, 0.1) is 30.7 Å². The first-order valence-corrected chi connectivity index (χ1v) is 11.5. The number of aromatic nitrogens is 1. The molecule has 2 fully saturated rings. The first-order chi connectivity index (χ1) is 15.0. The molecule has 0 N–H and O–H groups in total. The lowest BCUT2D eigenvalue weighted by Crippen LogP contribution is -2.43. The predicted octanol–water partition coefficient (Wildman–Crippen LogP) is 2.20. The smallest absolute Gasteiger partial charge is 0.290 e. The van der Waals surface area contributed by atoms with E-state index in [1.54, 1.807) is 12.4 Å². The van der Waals surface area contributed by atoms with Crippen molar-refractivity contribution in [2.45, 2.75) is 38.8 Å². The van der Waals surface area contributed by atoms with Crippen molar-refractivity contribution in [1.82, 2.24) is 14.8 Å². The van der Waals surface area contributed by atoms with E-state index in [2.05, 4.69) is 23.7 Å². The topological polar surface area (TPSA) is 72.0 Å². The third kappa shape index (κ3) is 3.68. The van der Waals surface area contributed by atoms with Gasteiger partial charge in [-0.1, -0.05) is 19.9 Å². The average Bonchev–Trinajstić information content (AvgIpc) is 3.07. The van der Waals surface area contributed by atoms with Gasteiger partial charge >= 0.3 is 0 Å². The number of carbonyl (C=O) groups is 2. The van der Waals surface area contributed by atoms with Gasteiger partial charge in [-0.3, -0.25) is 19.5 Å². The second kappa shape index (κ2) is 8.36. The summed E-state index contributed by atoms with van der Waals surface area (Å²) in [6.45, 7) is 8.88. The molecule has 1 aromatic rings. The molecule has 5 unspecified atom stereocenters. The van der Waals surface area contributed by atoms with E-state index >= 15 is 0 Å². The molecule has 0 aromatic carbocycles. The molecule has 31 heavy (non-hydrogen) atoms. The number of morpholine rings is 1. The molecule has 1 saturated heterocycles. The lowest BCUT2D eigenvalue weighted by atomic mass is 9.70. The number of pyridine rings is 1. The van der Waals surface area contributed by atoms with Crippen LogP contribution in [0.3, 0.4) is 0 Å². The van der Waals surface area contributed by atoms with Crippen molar-refractivity contribution >= 4 is 11.7 Å². The Labute approximate surface area is 183 Å². The molecule has 1 saturated carbocycles. The van der Waals surface area contributed by atoms with Crippen molar-refractivity contribution in [3.63, 3.8) is 0 Å². The van der Waals surface area contributed by atoms with Crippen LogP contribution in [0.2, 0.25) is 0 Å². The van der Waals surface area contributed by atoms with E-state index in [9.17, 15) is 9.59 Å². The van der Waals surface area contributed by atoms with E-state index in [4.69, 9.17) is 9.47 Å². The quantitative estimate of drug-likeness (QED) is 0.737. The average molecular weight is 426 g/mol. The summed E-state index contributed by atoms with van der Waals surface area (Å²) in [4.78, 5) is 35.6. The van der Waals surface area contributed by atoms with Crippen molar-refractivity contribution in [3.05, 3.63) is 41.4 Å². The highest BCUT2D eigenvalue weighted by Gasteiger charge is 2.53. The van der Waals surface area contributed by atoms with Crippen molar-refractivity contribution in [3.8, 4) is 0 Å². The number of ether oxygens (including phenoxy) is 2. The number of fused-ring (bicyclic) bond motifs is 1. The largest absolute Gasteiger partial charge is 0.483 e. The third-order valence-electron chi connectivity index (χ3n) is 7.57. The fraction of sp³-hybridized carbons (Fsp3) is 0.625. The third-order valence-corrected chi connectivity index (χ3v) is 7.57. The molecule has 1 aliphatic carbocycles. The maximum Gasteiger partial charge on any atom is 0.290 e. The Bertz CT molecular complexity index is 880. The Morgan fingerprint density at radius 3 is 2.61 bits per heavy atom. The van der Waals surface area contributed by atoms with Crippen LogP contribution in [0.15, 0.2) is 35.9 Å². The molecule has 3 aliphatic heterocycles. The molecule has 166 valence electrons. The van der Waals surface area contributed by atoms with Crippen LogP contribution in [-0.2, 0) is 19.1 Å². The highest BCUT2D eigenvalue weighted by molar-refractivity contribution is 6.11. The van der Waals surface area contributed by atoms with Crippen molar-refractivity contribution in [1.29, 1.82) is 0 Å². The number of hydrogen-bond acceptors (Lipinski definition) is 6. The summed E-state index contributed by atoms with van der Waals surface area (Å²) in [5.41, 5.74) is 1.42. The Balaban J connectivity index is 1.46. The number of nitrogens with zero attached hydrogens (tertiary/aromatic N) is 3. The number of carbonyl (C=O) groups excluding carboxylic acids is 2. The normalized spacial score (nSPS) is 33.9. The molecule has 0 bridgehead atoms. The van der Waals surface area contributed by atoms with Crippen LogP contribution in [0.25, 0.3) is 0 Å². The number of rotatable bonds is 4. The monoisotopic (exact) mass is 425 g/mol. The molecule has 4 aliphatic rings. The van der Waals surface area contributed by atoms with Gasteiger partial charge in [0.2, 0.25) is 0 Å². The number of ketones is 1. The van der Waals surface area contributed by atoms with Gasteiger partial charge in [0.15, 0.2) is 11.5 Å². The maximum atomic E-state index is 13.7. The molecule has 7 nitrogen and oxygen atoms in total. The Kier molecular flexibility index (Phi) is 5.56. The Morgan fingerprint density at radius 1 is 1.10 bits per heavy atom. The molecular formula is C24H31N3O4. The first kappa shape index (κ1) is 20.6. The lowest BCUT2D eigenvalue weighted by Gasteiger charge is -2.40. The number of hydrogen-bond donors (Lipinski definition) is 0. The van der Waals surface area contributed by atoms with Crippen molar-refractivity contribution < 1.29 is 19.1 Å². The fourth-order valence-corrected chi connectivity index (χ4v) is 5.50. The molecule has 4 heterocycles. The van der Waals surface area contributed by atoms with Crippen LogP contribution in [0.5, 0.6) is 0 Å². The zero-order chi connectivity index (χ0) is 21.5. The van der Waals surface area contributed by atoms with Gasteiger partial charge < -0.3 is 14.4 Å². The Hall–Kier alpha value is -2.25. The summed E-state index contributed by atoms with van der Waals surface area (Å²) in [5.74, 6) is 1.03. The first-order valence-electron chi connectivity index (χ1n) is 11.5. The molecule has 0 radical (unpaired) electrons. The highest BCUT2D eigenvalue weighted by Crippen LogP contribution is 2.48. The number of amides is 1. The van der Waals surface area contributed by atoms with Gasteiger partial charge in [-0.2, -0.15) is 0 Å². The summed E-state index contributed by atoms with van der Waals surface area (Å²) in [7, 11) is 0. The zero-order valence-corrected chi connectivity index (χ0v) is 18.3. The molecule has 7 heteroatoms. The highest BCUT2D eigenvalue weighted by atomic mass is 16.5. The second-order valence-corrected chi connectivity index (χ2v) is 9.44. The second-order valence-electron chi connectivity index (χ2n) is 9.44. The van der Waals surface area contributed by atoms with E-state index in [0.717, 1.165) is 51.3 Å². The molecular weight excluding hydrogens is 394 g/mol. The van der Waals surface area contributed by atoms with Gasteiger partial charge in [0.1, 0.15) is 6.10 Å². The van der Waals surface area contributed by atoms with E-state index < -0.39 is 6.04 Å². The summed E-state index contributed by atoms with van der Waals surface area (Å²) in [6, 6.07) is 3.40. The van der Waals surface area contributed by atoms with E-state index in [0.29, 0.717) is 24.0 Å². The zero-order valence-electron chi connectivity index (χ0n) is 18.3. The minimum Gasteiger partial charge on any atom is -0.483 e. The molecule has 1 aromatic heterocycles. The number of Topliss-reactive ketones (excluding diaryl/α,β-unsaturated/α-hetero) is 1. The summed E-state index contributed by atoms with van der Waals surface area (Å²) < 4.78 is 11.7. The van der Waals surface area contributed by atoms with Gasteiger partial charge in [-0.15, -0.1) is 0 Å².